The number of nitrogens with one attached hydrogen (secondary N) is 1. The monoisotopic (exact) mass is 303 g/mol. The van der Waals surface area contributed by atoms with Gasteiger partial charge in [0.15, 0.2) is 5.65 Å². The average molecular weight is 303 g/mol. The number of anilines is 1. The van der Waals surface area contributed by atoms with E-state index in [0.29, 0.717) is 18.1 Å². The summed E-state index contributed by atoms with van der Waals surface area (Å²) in [7, 11) is 0. The average Bonchev–Trinajstić information content (AvgIpc) is 2.86. The molecule has 0 bridgehead atoms. The van der Waals surface area contributed by atoms with E-state index in [1.54, 1.807) is 15.6 Å². The van der Waals surface area contributed by atoms with Crippen molar-refractivity contribution in [1.29, 1.82) is 0 Å². The van der Waals surface area contributed by atoms with Crippen molar-refractivity contribution in [3.8, 4) is 0 Å². The lowest BCUT2D eigenvalue weighted by molar-refractivity contribution is 0.0908. The van der Waals surface area contributed by atoms with Crippen LogP contribution in [0.2, 0.25) is 0 Å². The maximum Gasteiger partial charge on any atom is 0.322 e. The highest BCUT2D eigenvalue weighted by molar-refractivity contribution is 5.89. The number of fused-ring (bicyclic) bond motifs is 1. The van der Waals surface area contributed by atoms with Crippen LogP contribution in [-0.2, 0) is 0 Å². The molecule has 2 N–H and O–H groups in total. The Labute approximate surface area is 129 Å². The molecule has 118 valence electrons. The van der Waals surface area contributed by atoms with E-state index in [2.05, 4.69) is 15.4 Å². The van der Waals surface area contributed by atoms with Gasteiger partial charge < -0.3 is 15.3 Å². The van der Waals surface area contributed by atoms with E-state index in [1.165, 1.54) is 0 Å². The largest absolute Gasteiger partial charge is 0.396 e. The van der Waals surface area contributed by atoms with E-state index >= 15 is 0 Å². The summed E-state index contributed by atoms with van der Waals surface area (Å²) in [5.41, 5.74) is 1.43. The van der Waals surface area contributed by atoms with Crippen molar-refractivity contribution in [2.75, 3.05) is 18.5 Å². The lowest BCUT2D eigenvalue weighted by Gasteiger charge is -2.38. The molecule has 2 atom stereocenters. The Morgan fingerprint density at radius 3 is 3.09 bits per heavy atom. The fourth-order valence-electron chi connectivity index (χ4n) is 3.02. The minimum atomic E-state index is -0.137. The lowest BCUT2D eigenvalue weighted by atomic mass is 9.91. The number of aliphatic hydroxyl groups is 1. The summed E-state index contributed by atoms with van der Waals surface area (Å²) in [5, 5.41) is 16.5. The van der Waals surface area contributed by atoms with Gasteiger partial charge in [0, 0.05) is 25.1 Å². The van der Waals surface area contributed by atoms with Gasteiger partial charge in [-0.25, -0.2) is 14.3 Å². The molecule has 2 amide bonds. The normalized spacial score (nSPS) is 22.0. The van der Waals surface area contributed by atoms with Gasteiger partial charge in [0.25, 0.3) is 0 Å². The summed E-state index contributed by atoms with van der Waals surface area (Å²) in [5.74, 6) is 0.846. The minimum Gasteiger partial charge on any atom is -0.396 e. The number of urea groups is 1. The predicted octanol–water partition coefficient (Wildman–Crippen LogP) is 1.66. The Kier molecular flexibility index (Phi) is 3.98. The SMILES string of the molecule is Cc1nc2ccc(NC(=O)N3CCCC(CO)C3C)cn2n1. The third-order valence-electron chi connectivity index (χ3n) is 4.33. The molecule has 2 aromatic rings. The minimum absolute atomic E-state index is 0.0381. The maximum absolute atomic E-state index is 12.5. The molecule has 0 aliphatic carbocycles. The van der Waals surface area contributed by atoms with Gasteiger partial charge in [-0.2, -0.15) is 5.10 Å². The number of likely N-dealkylation sites (tertiary alicyclic amines) is 1. The summed E-state index contributed by atoms with van der Waals surface area (Å²) in [6.45, 7) is 4.66. The van der Waals surface area contributed by atoms with Gasteiger partial charge in [-0.3, -0.25) is 0 Å². The number of amides is 2. The van der Waals surface area contributed by atoms with Crippen molar-refractivity contribution in [3.05, 3.63) is 24.2 Å². The number of aliphatic hydroxyl groups excluding tert-OH is 1. The smallest absolute Gasteiger partial charge is 0.322 e. The summed E-state index contributed by atoms with van der Waals surface area (Å²) >= 11 is 0. The van der Waals surface area contributed by atoms with Crippen LogP contribution in [0.4, 0.5) is 10.5 Å². The van der Waals surface area contributed by atoms with E-state index in [9.17, 15) is 9.90 Å². The van der Waals surface area contributed by atoms with Gasteiger partial charge in [0.05, 0.1) is 11.9 Å². The molecule has 7 heteroatoms. The molecule has 0 saturated carbocycles. The first kappa shape index (κ1) is 14.8. The van der Waals surface area contributed by atoms with Crippen LogP contribution in [0.1, 0.15) is 25.6 Å². The number of rotatable bonds is 2. The van der Waals surface area contributed by atoms with E-state index in [1.807, 2.05) is 26.0 Å². The number of hydrogen-bond donors (Lipinski definition) is 2. The molecule has 1 aliphatic rings. The van der Waals surface area contributed by atoms with Crippen LogP contribution < -0.4 is 5.32 Å². The molecule has 0 radical (unpaired) electrons. The molecule has 0 aromatic carbocycles. The number of pyridine rings is 1. The summed E-state index contributed by atoms with van der Waals surface area (Å²) in [6.07, 6.45) is 3.64. The van der Waals surface area contributed by atoms with Gasteiger partial charge in [-0.05, 0) is 38.8 Å². The van der Waals surface area contributed by atoms with Crippen molar-refractivity contribution >= 4 is 17.4 Å². The zero-order valence-electron chi connectivity index (χ0n) is 12.9. The fourth-order valence-corrected chi connectivity index (χ4v) is 3.02. The second kappa shape index (κ2) is 5.92. The van der Waals surface area contributed by atoms with Crippen LogP contribution in [0.3, 0.4) is 0 Å². The van der Waals surface area contributed by atoms with Crippen LogP contribution in [-0.4, -0.2) is 49.8 Å². The molecule has 0 spiro atoms. The zero-order valence-corrected chi connectivity index (χ0v) is 12.9. The second-order valence-electron chi connectivity index (χ2n) is 5.83. The van der Waals surface area contributed by atoms with Crippen LogP contribution in [0.15, 0.2) is 18.3 Å². The van der Waals surface area contributed by atoms with Crippen molar-refractivity contribution < 1.29 is 9.90 Å². The summed E-state index contributed by atoms with van der Waals surface area (Å²) in [4.78, 5) is 18.5. The van der Waals surface area contributed by atoms with Crippen molar-refractivity contribution in [1.82, 2.24) is 19.5 Å². The number of carbonyl (C=O) groups is 1. The number of hydrogen-bond acceptors (Lipinski definition) is 4. The maximum atomic E-state index is 12.5. The van der Waals surface area contributed by atoms with E-state index in [4.69, 9.17) is 0 Å². The summed E-state index contributed by atoms with van der Waals surface area (Å²) < 4.78 is 1.65. The molecule has 7 nitrogen and oxygen atoms in total. The number of carbonyl (C=O) groups excluding carboxylic acids is 1. The Morgan fingerprint density at radius 1 is 1.50 bits per heavy atom. The number of aromatic nitrogens is 3. The third-order valence-corrected chi connectivity index (χ3v) is 4.33. The second-order valence-corrected chi connectivity index (χ2v) is 5.83. The molecular weight excluding hydrogens is 282 g/mol. The number of nitrogens with zero attached hydrogens (tertiary/aromatic N) is 4. The molecule has 1 fully saturated rings. The van der Waals surface area contributed by atoms with Crippen LogP contribution >= 0.6 is 0 Å². The van der Waals surface area contributed by atoms with Crippen LogP contribution in [0, 0.1) is 12.8 Å². The number of aryl methyl sites for hydroxylation is 1. The first-order valence-corrected chi connectivity index (χ1v) is 7.60. The Balaban J connectivity index is 1.74. The van der Waals surface area contributed by atoms with E-state index in [-0.39, 0.29) is 24.6 Å². The van der Waals surface area contributed by atoms with Crippen LogP contribution in [0.25, 0.3) is 5.65 Å². The van der Waals surface area contributed by atoms with E-state index < -0.39 is 0 Å². The van der Waals surface area contributed by atoms with Crippen molar-refractivity contribution in [2.24, 2.45) is 5.92 Å². The first-order chi connectivity index (χ1) is 10.6. The highest BCUT2D eigenvalue weighted by atomic mass is 16.3. The Hall–Kier alpha value is -2.15. The third kappa shape index (κ3) is 2.76. The van der Waals surface area contributed by atoms with Crippen molar-refractivity contribution in [3.63, 3.8) is 0 Å². The molecule has 1 saturated heterocycles. The molecule has 1 aliphatic heterocycles. The van der Waals surface area contributed by atoms with Crippen molar-refractivity contribution in [2.45, 2.75) is 32.7 Å². The molecular formula is C15H21N5O2. The molecule has 3 heterocycles. The number of piperidine rings is 1. The first-order valence-electron chi connectivity index (χ1n) is 7.60. The highest BCUT2D eigenvalue weighted by Crippen LogP contribution is 2.23. The Bertz CT molecular complexity index is 684. The quantitative estimate of drug-likeness (QED) is 0.884. The lowest BCUT2D eigenvalue weighted by Crippen LogP contribution is -2.49. The van der Waals surface area contributed by atoms with Gasteiger partial charge >= 0.3 is 6.03 Å². The molecule has 22 heavy (non-hydrogen) atoms. The standard InChI is InChI=1S/C15H21N5O2/c1-10-12(9-21)4-3-7-19(10)15(22)17-13-5-6-14-16-11(2)18-20(14)8-13/h5-6,8,10,12,21H,3-4,7,9H2,1-2H3,(H,17,22). The molecule has 2 unspecified atom stereocenters. The molecule has 2 aromatic heterocycles. The van der Waals surface area contributed by atoms with Gasteiger partial charge in [0.2, 0.25) is 0 Å². The topological polar surface area (TPSA) is 82.8 Å². The summed E-state index contributed by atoms with van der Waals surface area (Å²) in [6, 6.07) is 3.54. The predicted molar refractivity (Wildman–Crippen MR) is 82.7 cm³/mol. The molecule has 3 rings (SSSR count). The van der Waals surface area contributed by atoms with Gasteiger partial charge in [-0.1, -0.05) is 0 Å². The fraction of sp³-hybridized carbons (Fsp3) is 0.533. The van der Waals surface area contributed by atoms with Crippen LogP contribution in [0.5, 0.6) is 0 Å². The van der Waals surface area contributed by atoms with E-state index in [0.717, 1.165) is 18.5 Å². The highest BCUT2D eigenvalue weighted by Gasteiger charge is 2.30. The van der Waals surface area contributed by atoms with Gasteiger partial charge in [0.1, 0.15) is 5.82 Å². The Morgan fingerprint density at radius 2 is 2.32 bits per heavy atom. The van der Waals surface area contributed by atoms with Gasteiger partial charge in [-0.15, -0.1) is 0 Å². The zero-order chi connectivity index (χ0) is 15.7.